The fourth-order valence-corrected chi connectivity index (χ4v) is 2.20. The van der Waals surface area contributed by atoms with Gasteiger partial charge in [-0.1, -0.05) is 20.3 Å². The normalized spacial score (nSPS) is 14.1. The monoisotopic (exact) mass is 257 g/mol. The van der Waals surface area contributed by atoms with Gasteiger partial charge in [-0.25, -0.2) is 4.79 Å². The molecule has 0 saturated carbocycles. The second-order valence-corrected chi connectivity index (χ2v) is 4.86. The van der Waals surface area contributed by atoms with Gasteiger partial charge in [0.15, 0.2) is 5.82 Å². The van der Waals surface area contributed by atoms with E-state index in [9.17, 15) is 4.79 Å². The van der Waals surface area contributed by atoms with Crippen molar-refractivity contribution in [2.24, 2.45) is 5.92 Å². The molecule has 17 heavy (non-hydrogen) atoms. The minimum absolute atomic E-state index is 0.223. The maximum atomic E-state index is 11.6. The minimum Gasteiger partial charge on any atom is -0.465 e. The molecule has 1 aromatic heterocycles. The maximum Gasteiger partial charge on any atom is 0.344 e. The predicted octanol–water partition coefficient (Wildman–Crippen LogP) is 2.36. The number of hydrogen-bond donors (Lipinski definition) is 2. The molecule has 6 heteroatoms. The molecule has 0 saturated heterocycles. The zero-order valence-corrected chi connectivity index (χ0v) is 11.4. The summed E-state index contributed by atoms with van der Waals surface area (Å²) in [5, 5.41) is 3.95. The standard InChI is InChI=1S/C11H19N3O2S/c1-5-6(2)7(3)13-10-8(11(15)16-4)9(12)14-17-10/h6-7,13H,5H2,1-4H3,(H2,12,14). The molecule has 5 nitrogen and oxygen atoms in total. The summed E-state index contributed by atoms with van der Waals surface area (Å²) < 4.78 is 8.67. The lowest BCUT2D eigenvalue weighted by molar-refractivity contribution is 0.0603. The second-order valence-electron chi connectivity index (χ2n) is 4.08. The highest BCUT2D eigenvalue weighted by Gasteiger charge is 2.22. The third-order valence-corrected chi connectivity index (χ3v) is 3.76. The van der Waals surface area contributed by atoms with Crippen LogP contribution in [0.15, 0.2) is 0 Å². The van der Waals surface area contributed by atoms with E-state index in [4.69, 9.17) is 10.5 Å². The first-order valence-electron chi connectivity index (χ1n) is 5.61. The van der Waals surface area contributed by atoms with Crippen molar-refractivity contribution in [3.05, 3.63) is 5.56 Å². The number of methoxy groups -OCH3 is 1. The van der Waals surface area contributed by atoms with Gasteiger partial charge in [-0.15, -0.1) is 0 Å². The Morgan fingerprint density at radius 2 is 2.24 bits per heavy atom. The fraction of sp³-hybridized carbons (Fsp3) is 0.636. The Labute approximate surface area is 106 Å². The Hall–Kier alpha value is -1.30. The highest BCUT2D eigenvalue weighted by molar-refractivity contribution is 7.11. The molecule has 0 radical (unpaired) electrons. The zero-order chi connectivity index (χ0) is 13.0. The second kappa shape index (κ2) is 5.86. The third-order valence-electron chi connectivity index (χ3n) is 2.96. The molecule has 0 spiro atoms. The van der Waals surface area contributed by atoms with Crippen molar-refractivity contribution in [3.8, 4) is 0 Å². The molecule has 0 amide bonds. The highest BCUT2D eigenvalue weighted by Crippen LogP contribution is 2.29. The predicted molar refractivity (Wildman–Crippen MR) is 70.4 cm³/mol. The summed E-state index contributed by atoms with van der Waals surface area (Å²) >= 11 is 1.19. The zero-order valence-electron chi connectivity index (χ0n) is 10.6. The maximum absolute atomic E-state index is 11.6. The van der Waals surface area contributed by atoms with Gasteiger partial charge in [0.2, 0.25) is 0 Å². The summed E-state index contributed by atoms with van der Waals surface area (Å²) in [4.78, 5) is 11.6. The lowest BCUT2D eigenvalue weighted by Crippen LogP contribution is -2.23. The molecule has 0 aliphatic carbocycles. The summed E-state index contributed by atoms with van der Waals surface area (Å²) in [5.74, 6) is 0.277. The van der Waals surface area contributed by atoms with Crippen molar-refractivity contribution in [2.75, 3.05) is 18.2 Å². The van der Waals surface area contributed by atoms with Crippen LogP contribution in [0, 0.1) is 5.92 Å². The van der Waals surface area contributed by atoms with Crippen molar-refractivity contribution in [1.29, 1.82) is 0 Å². The van der Waals surface area contributed by atoms with Crippen molar-refractivity contribution in [2.45, 2.75) is 33.2 Å². The van der Waals surface area contributed by atoms with E-state index >= 15 is 0 Å². The van der Waals surface area contributed by atoms with Gasteiger partial charge >= 0.3 is 5.97 Å². The van der Waals surface area contributed by atoms with Crippen LogP contribution in [0.1, 0.15) is 37.6 Å². The number of carbonyl (C=O) groups is 1. The Morgan fingerprint density at radius 3 is 2.76 bits per heavy atom. The molecule has 0 aliphatic heterocycles. The van der Waals surface area contributed by atoms with Gasteiger partial charge in [0, 0.05) is 6.04 Å². The van der Waals surface area contributed by atoms with Crippen LogP contribution in [0.4, 0.5) is 10.8 Å². The number of carbonyl (C=O) groups excluding carboxylic acids is 1. The van der Waals surface area contributed by atoms with Crippen LogP contribution < -0.4 is 11.1 Å². The molecular formula is C11H19N3O2S. The number of esters is 1. The molecule has 1 aromatic rings. The molecule has 2 atom stereocenters. The molecule has 1 rings (SSSR count). The molecule has 0 fully saturated rings. The lowest BCUT2D eigenvalue weighted by Gasteiger charge is -2.20. The molecule has 0 aliphatic rings. The van der Waals surface area contributed by atoms with Crippen LogP contribution in [0.3, 0.4) is 0 Å². The Kier molecular flexibility index (Phi) is 4.74. The summed E-state index contributed by atoms with van der Waals surface area (Å²) in [5.41, 5.74) is 6.00. The largest absolute Gasteiger partial charge is 0.465 e. The lowest BCUT2D eigenvalue weighted by atomic mass is 10.0. The van der Waals surface area contributed by atoms with Gasteiger partial charge in [-0.05, 0) is 24.4 Å². The fourth-order valence-electron chi connectivity index (χ4n) is 1.40. The summed E-state index contributed by atoms with van der Waals surface area (Å²) in [6.07, 6.45) is 1.07. The molecule has 2 unspecified atom stereocenters. The third kappa shape index (κ3) is 3.09. The van der Waals surface area contributed by atoms with Gasteiger partial charge in [-0.3, -0.25) is 0 Å². The van der Waals surface area contributed by atoms with Crippen molar-refractivity contribution in [3.63, 3.8) is 0 Å². The number of rotatable bonds is 5. The van der Waals surface area contributed by atoms with Crippen LogP contribution in [-0.4, -0.2) is 23.5 Å². The number of aromatic nitrogens is 1. The average molecular weight is 257 g/mol. The number of nitrogen functional groups attached to an aromatic ring is 1. The van der Waals surface area contributed by atoms with E-state index in [1.165, 1.54) is 18.6 Å². The van der Waals surface area contributed by atoms with Crippen molar-refractivity contribution < 1.29 is 9.53 Å². The molecule has 3 N–H and O–H groups in total. The number of nitrogens with one attached hydrogen (secondary N) is 1. The van der Waals surface area contributed by atoms with Crippen molar-refractivity contribution in [1.82, 2.24) is 4.37 Å². The SMILES string of the molecule is CCC(C)C(C)Nc1snc(N)c1C(=O)OC. The smallest absolute Gasteiger partial charge is 0.344 e. The van der Waals surface area contributed by atoms with Gasteiger partial charge in [-0.2, -0.15) is 4.37 Å². The van der Waals surface area contributed by atoms with Crippen LogP contribution in [0.2, 0.25) is 0 Å². The number of nitrogens with two attached hydrogens (primary N) is 1. The van der Waals surface area contributed by atoms with E-state index in [1.54, 1.807) is 0 Å². The summed E-state index contributed by atoms with van der Waals surface area (Å²) in [7, 11) is 1.33. The Morgan fingerprint density at radius 1 is 1.59 bits per heavy atom. The number of anilines is 2. The first kappa shape index (κ1) is 13.8. The van der Waals surface area contributed by atoms with E-state index < -0.39 is 5.97 Å². The van der Waals surface area contributed by atoms with E-state index in [2.05, 4.69) is 30.5 Å². The van der Waals surface area contributed by atoms with Gasteiger partial charge in [0.1, 0.15) is 10.6 Å². The van der Waals surface area contributed by atoms with Crippen LogP contribution in [0.25, 0.3) is 0 Å². The molecule has 0 bridgehead atoms. The molecule has 96 valence electrons. The minimum atomic E-state index is -0.449. The van der Waals surface area contributed by atoms with E-state index in [0.717, 1.165) is 6.42 Å². The van der Waals surface area contributed by atoms with Crippen LogP contribution in [-0.2, 0) is 4.74 Å². The van der Waals surface area contributed by atoms with E-state index in [1.807, 2.05) is 0 Å². The summed E-state index contributed by atoms with van der Waals surface area (Å²) in [6.45, 7) is 6.36. The quantitative estimate of drug-likeness (QED) is 0.792. The van der Waals surface area contributed by atoms with Crippen molar-refractivity contribution >= 4 is 28.3 Å². The first-order chi connectivity index (χ1) is 8.01. The number of ether oxygens (including phenoxy) is 1. The topological polar surface area (TPSA) is 77.2 Å². The molecule has 1 heterocycles. The van der Waals surface area contributed by atoms with Gasteiger partial charge < -0.3 is 15.8 Å². The van der Waals surface area contributed by atoms with Gasteiger partial charge in [0.25, 0.3) is 0 Å². The number of hydrogen-bond acceptors (Lipinski definition) is 6. The van der Waals surface area contributed by atoms with Crippen LogP contribution >= 0.6 is 11.5 Å². The van der Waals surface area contributed by atoms with E-state index in [0.29, 0.717) is 16.5 Å². The Bertz CT molecular complexity index is 392. The van der Waals surface area contributed by atoms with E-state index in [-0.39, 0.29) is 11.9 Å². The average Bonchev–Trinajstić information content (AvgIpc) is 2.68. The summed E-state index contributed by atoms with van der Waals surface area (Å²) in [6, 6.07) is 0.253. The first-order valence-corrected chi connectivity index (χ1v) is 6.38. The number of nitrogens with zero attached hydrogens (tertiary/aromatic N) is 1. The van der Waals surface area contributed by atoms with Crippen LogP contribution in [0.5, 0.6) is 0 Å². The molecular weight excluding hydrogens is 238 g/mol. The molecule has 0 aromatic carbocycles. The highest BCUT2D eigenvalue weighted by atomic mass is 32.1. The Balaban J connectivity index is 2.88. The van der Waals surface area contributed by atoms with Gasteiger partial charge in [0.05, 0.1) is 7.11 Å².